The van der Waals surface area contributed by atoms with E-state index in [0.717, 1.165) is 23.2 Å². The fraction of sp³-hybridized carbons (Fsp3) is 0.364. The van der Waals surface area contributed by atoms with E-state index in [0.29, 0.717) is 19.7 Å². The fourth-order valence-electron chi connectivity index (χ4n) is 3.37. The number of benzene rings is 2. The number of methoxy groups -OCH3 is 1. The molecule has 27 heavy (non-hydrogen) atoms. The van der Waals surface area contributed by atoms with Crippen LogP contribution in [-0.2, 0) is 33.9 Å². The predicted molar refractivity (Wildman–Crippen MR) is 105 cm³/mol. The zero-order valence-electron chi connectivity index (χ0n) is 15.9. The summed E-state index contributed by atoms with van der Waals surface area (Å²) in [6, 6.07) is 15.9. The van der Waals surface area contributed by atoms with Crippen LogP contribution < -0.4 is 10.2 Å². The lowest BCUT2D eigenvalue weighted by Crippen LogP contribution is -2.32. The number of aryl methyl sites for hydroxylation is 1. The number of anilines is 1. The topological polar surface area (TPSA) is 58.6 Å². The van der Waals surface area contributed by atoms with Crippen molar-refractivity contribution >= 4 is 17.5 Å². The van der Waals surface area contributed by atoms with Gasteiger partial charge < -0.3 is 15.0 Å². The molecular weight excluding hydrogens is 340 g/mol. The second-order valence-electron chi connectivity index (χ2n) is 6.90. The average Bonchev–Trinajstić information content (AvgIpc) is 3.08. The third kappa shape index (κ3) is 4.74. The first kappa shape index (κ1) is 19.1. The molecule has 5 heteroatoms. The molecule has 1 unspecified atom stereocenters. The normalized spacial score (nSPS) is 16.6. The van der Waals surface area contributed by atoms with Crippen LogP contribution in [0.15, 0.2) is 48.5 Å². The Kier molecular flexibility index (Phi) is 6.24. The highest BCUT2D eigenvalue weighted by atomic mass is 16.5. The summed E-state index contributed by atoms with van der Waals surface area (Å²) in [5.41, 5.74) is 4.19. The Balaban J connectivity index is 1.57. The van der Waals surface area contributed by atoms with Gasteiger partial charge in [0.2, 0.25) is 11.8 Å². The molecule has 1 heterocycles. The van der Waals surface area contributed by atoms with E-state index in [1.807, 2.05) is 48.5 Å². The molecular formula is C22H26N2O3. The molecule has 3 rings (SSSR count). The minimum absolute atomic E-state index is 0.00138. The highest BCUT2D eigenvalue weighted by Crippen LogP contribution is 2.25. The third-order valence-electron chi connectivity index (χ3n) is 4.92. The van der Waals surface area contributed by atoms with Gasteiger partial charge in [-0.05, 0) is 35.2 Å². The van der Waals surface area contributed by atoms with Crippen LogP contribution in [0, 0.1) is 5.92 Å². The standard InChI is InChI=1S/C22H26N2O3/c1-3-16-7-9-20(10-8-16)24-14-19(12-21(24)25)22(26)23-13-17-5-4-6-18(11-17)15-27-2/h4-11,19H,3,12-15H2,1-2H3,(H,23,26). The number of nitrogens with one attached hydrogen (secondary N) is 1. The van der Waals surface area contributed by atoms with E-state index in [4.69, 9.17) is 4.74 Å². The molecule has 0 aliphatic carbocycles. The highest BCUT2D eigenvalue weighted by Gasteiger charge is 2.34. The molecule has 1 saturated heterocycles. The molecule has 1 aliphatic rings. The van der Waals surface area contributed by atoms with Gasteiger partial charge >= 0.3 is 0 Å². The molecule has 1 N–H and O–H groups in total. The maximum atomic E-state index is 12.5. The predicted octanol–water partition coefficient (Wildman–Crippen LogP) is 3.06. The molecule has 2 amide bonds. The number of rotatable bonds is 7. The number of carbonyl (C=O) groups is 2. The lowest BCUT2D eigenvalue weighted by Gasteiger charge is -2.17. The second-order valence-corrected chi connectivity index (χ2v) is 6.90. The highest BCUT2D eigenvalue weighted by molar-refractivity contribution is 6.00. The molecule has 1 fully saturated rings. The smallest absolute Gasteiger partial charge is 0.227 e. The van der Waals surface area contributed by atoms with E-state index in [1.54, 1.807) is 12.0 Å². The van der Waals surface area contributed by atoms with Crippen molar-refractivity contribution < 1.29 is 14.3 Å². The maximum Gasteiger partial charge on any atom is 0.227 e. The van der Waals surface area contributed by atoms with E-state index in [1.165, 1.54) is 5.56 Å². The monoisotopic (exact) mass is 366 g/mol. The Bertz CT molecular complexity index is 801. The van der Waals surface area contributed by atoms with Gasteiger partial charge in [-0.2, -0.15) is 0 Å². The van der Waals surface area contributed by atoms with Crippen molar-refractivity contribution in [3.63, 3.8) is 0 Å². The zero-order valence-corrected chi connectivity index (χ0v) is 15.9. The summed E-state index contributed by atoms with van der Waals surface area (Å²) in [4.78, 5) is 26.6. The second kappa shape index (κ2) is 8.82. The van der Waals surface area contributed by atoms with Crippen molar-refractivity contribution in [2.24, 2.45) is 5.92 Å². The molecule has 142 valence electrons. The van der Waals surface area contributed by atoms with Gasteiger partial charge in [0.25, 0.3) is 0 Å². The first-order chi connectivity index (χ1) is 13.1. The van der Waals surface area contributed by atoms with Crippen molar-refractivity contribution in [2.75, 3.05) is 18.6 Å². The molecule has 2 aromatic carbocycles. The number of nitrogens with zero attached hydrogens (tertiary/aromatic N) is 1. The van der Waals surface area contributed by atoms with Crippen LogP contribution in [0.2, 0.25) is 0 Å². The first-order valence-electron chi connectivity index (χ1n) is 9.34. The molecule has 0 saturated carbocycles. The minimum atomic E-state index is -0.314. The van der Waals surface area contributed by atoms with Gasteiger partial charge in [0, 0.05) is 32.3 Å². The van der Waals surface area contributed by atoms with Crippen LogP contribution in [0.25, 0.3) is 0 Å². The average molecular weight is 366 g/mol. The van der Waals surface area contributed by atoms with Gasteiger partial charge in [0.1, 0.15) is 0 Å². The largest absolute Gasteiger partial charge is 0.380 e. The van der Waals surface area contributed by atoms with Crippen LogP contribution in [0.1, 0.15) is 30.0 Å². The van der Waals surface area contributed by atoms with Crippen LogP contribution in [0.3, 0.4) is 0 Å². The van der Waals surface area contributed by atoms with Crippen LogP contribution in [0.4, 0.5) is 5.69 Å². The van der Waals surface area contributed by atoms with E-state index >= 15 is 0 Å². The minimum Gasteiger partial charge on any atom is -0.380 e. The summed E-state index contributed by atoms with van der Waals surface area (Å²) in [6.07, 6.45) is 1.22. The maximum absolute atomic E-state index is 12.5. The Morgan fingerprint density at radius 2 is 1.89 bits per heavy atom. The van der Waals surface area contributed by atoms with E-state index < -0.39 is 0 Å². The van der Waals surface area contributed by atoms with Crippen molar-refractivity contribution in [1.82, 2.24) is 5.32 Å². The summed E-state index contributed by atoms with van der Waals surface area (Å²) in [5.74, 6) is -0.389. The van der Waals surface area contributed by atoms with Crippen molar-refractivity contribution in [1.29, 1.82) is 0 Å². The van der Waals surface area contributed by atoms with Gasteiger partial charge in [-0.3, -0.25) is 9.59 Å². The lowest BCUT2D eigenvalue weighted by molar-refractivity contribution is -0.126. The van der Waals surface area contributed by atoms with E-state index in [2.05, 4.69) is 12.2 Å². The van der Waals surface area contributed by atoms with Crippen molar-refractivity contribution in [3.05, 3.63) is 65.2 Å². The molecule has 0 radical (unpaired) electrons. The Labute approximate surface area is 160 Å². The van der Waals surface area contributed by atoms with Crippen molar-refractivity contribution in [3.8, 4) is 0 Å². The van der Waals surface area contributed by atoms with Crippen LogP contribution in [0.5, 0.6) is 0 Å². The van der Waals surface area contributed by atoms with Gasteiger partial charge in [0.15, 0.2) is 0 Å². The lowest BCUT2D eigenvalue weighted by atomic mass is 10.1. The number of hydrogen-bond donors (Lipinski definition) is 1. The van der Waals surface area contributed by atoms with Gasteiger partial charge in [0.05, 0.1) is 12.5 Å². The fourth-order valence-corrected chi connectivity index (χ4v) is 3.37. The van der Waals surface area contributed by atoms with Crippen LogP contribution in [-0.4, -0.2) is 25.5 Å². The number of hydrogen-bond acceptors (Lipinski definition) is 3. The molecule has 0 spiro atoms. The molecule has 0 bridgehead atoms. The summed E-state index contributed by atoms with van der Waals surface area (Å²) in [7, 11) is 1.66. The van der Waals surface area contributed by atoms with Gasteiger partial charge in [-0.1, -0.05) is 43.3 Å². The van der Waals surface area contributed by atoms with Crippen molar-refractivity contribution in [2.45, 2.75) is 32.9 Å². The molecule has 1 atom stereocenters. The quantitative estimate of drug-likeness (QED) is 0.819. The van der Waals surface area contributed by atoms with E-state index in [9.17, 15) is 9.59 Å². The van der Waals surface area contributed by atoms with Crippen LogP contribution >= 0.6 is 0 Å². The summed E-state index contributed by atoms with van der Waals surface area (Å²) in [5, 5.41) is 2.96. The third-order valence-corrected chi connectivity index (χ3v) is 4.92. The summed E-state index contributed by atoms with van der Waals surface area (Å²) < 4.78 is 5.14. The summed E-state index contributed by atoms with van der Waals surface area (Å²) in [6.45, 7) is 3.53. The zero-order chi connectivity index (χ0) is 19.2. The summed E-state index contributed by atoms with van der Waals surface area (Å²) >= 11 is 0. The number of ether oxygens (including phenoxy) is 1. The SMILES string of the molecule is CCc1ccc(N2CC(C(=O)NCc3cccc(COC)c3)CC2=O)cc1. The Hall–Kier alpha value is -2.66. The van der Waals surface area contributed by atoms with Gasteiger partial charge in [-0.15, -0.1) is 0 Å². The molecule has 1 aliphatic heterocycles. The van der Waals surface area contributed by atoms with E-state index in [-0.39, 0.29) is 24.2 Å². The van der Waals surface area contributed by atoms with Gasteiger partial charge in [-0.25, -0.2) is 0 Å². The number of amides is 2. The molecule has 0 aromatic heterocycles. The Morgan fingerprint density at radius 3 is 2.59 bits per heavy atom. The molecule has 2 aromatic rings. The Morgan fingerprint density at radius 1 is 1.15 bits per heavy atom. The number of carbonyl (C=O) groups excluding carboxylic acids is 2. The molecule has 5 nitrogen and oxygen atoms in total. The first-order valence-corrected chi connectivity index (χ1v) is 9.34.